The van der Waals surface area contributed by atoms with Crippen LogP contribution in [0.15, 0.2) is 30.3 Å². The number of fused-ring (bicyclic) bond motifs is 3. The zero-order valence-electron chi connectivity index (χ0n) is 11.9. The average molecular weight is 254 g/mol. The quantitative estimate of drug-likeness (QED) is 0.629. The van der Waals surface area contributed by atoms with Crippen molar-refractivity contribution in [2.45, 2.75) is 57.3 Å². The molecular weight excluding hydrogens is 228 g/mol. The molecule has 3 aliphatic rings. The molecule has 1 aromatic carbocycles. The van der Waals surface area contributed by atoms with Crippen LogP contribution in [-0.2, 0) is 0 Å². The van der Waals surface area contributed by atoms with Crippen LogP contribution in [0, 0.1) is 23.7 Å². The fourth-order valence-electron chi connectivity index (χ4n) is 5.73. The highest BCUT2D eigenvalue weighted by Crippen LogP contribution is 2.57. The van der Waals surface area contributed by atoms with E-state index in [2.05, 4.69) is 30.3 Å². The first-order valence-electron chi connectivity index (χ1n) is 8.48. The Morgan fingerprint density at radius 1 is 0.684 bits per heavy atom. The maximum atomic E-state index is 2.39. The van der Waals surface area contributed by atoms with Crippen molar-refractivity contribution in [1.29, 1.82) is 0 Å². The van der Waals surface area contributed by atoms with Gasteiger partial charge in [-0.05, 0) is 60.8 Å². The second-order valence-corrected chi connectivity index (χ2v) is 7.22. The Balaban J connectivity index is 1.65. The summed E-state index contributed by atoms with van der Waals surface area (Å²) in [4.78, 5) is 0. The van der Waals surface area contributed by atoms with E-state index in [1.54, 1.807) is 12.0 Å². The van der Waals surface area contributed by atoms with Crippen LogP contribution in [0.4, 0.5) is 0 Å². The molecule has 0 heteroatoms. The second kappa shape index (κ2) is 4.96. The summed E-state index contributed by atoms with van der Waals surface area (Å²) in [6.07, 6.45) is 12.1. The topological polar surface area (TPSA) is 0 Å². The van der Waals surface area contributed by atoms with Crippen molar-refractivity contribution >= 4 is 0 Å². The van der Waals surface area contributed by atoms with E-state index >= 15 is 0 Å². The standard InChI is InChI=1S/C19H26/c1-2-7-14(8-3-1)19-13-15-9-4-5-10-16(15)17-11-6-12-18(17)19/h1-3,7-8,15-19H,4-6,9-13H2. The van der Waals surface area contributed by atoms with Crippen molar-refractivity contribution in [2.75, 3.05) is 0 Å². The summed E-state index contributed by atoms with van der Waals surface area (Å²) in [7, 11) is 0. The van der Waals surface area contributed by atoms with Gasteiger partial charge in [-0.15, -0.1) is 0 Å². The van der Waals surface area contributed by atoms with E-state index in [4.69, 9.17) is 0 Å². The fraction of sp³-hybridized carbons (Fsp3) is 0.684. The molecule has 0 radical (unpaired) electrons. The molecule has 4 rings (SSSR count). The maximum Gasteiger partial charge on any atom is -0.0128 e. The van der Waals surface area contributed by atoms with E-state index in [1.807, 2.05) is 0 Å². The highest BCUT2D eigenvalue weighted by Gasteiger charge is 2.47. The summed E-state index contributed by atoms with van der Waals surface area (Å²) in [5, 5.41) is 0. The molecule has 3 fully saturated rings. The fourth-order valence-corrected chi connectivity index (χ4v) is 5.73. The lowest BCUT2D eigenvalue weighted by molar-refractivity contribution is 0.0554. The molecule has 0 bridgehead atoms. The molecule has 0 nitrogen and oxygen atoms in total. The van der Waals surface area contributed by atoms with Gasteiger partial charge in [-0.25, -0.2) is 0 Å². The van der Waals surface area contributed by atoms with Crippen LogP contribution in [0.5, 0.6) is 0 Å². The Labute approximate surface area is 117 Å². The largest absolute Gasteiger partial charge is 0.0622 e. The minimum absolute atomic E-state index is 0.882. The van der Waals surface area contributed by atoms with Crippen LogP contribution in [0.3, 0.4) is 0 Å². The van der Waals surface area contributed by atoms with Crippen LogP contribution >= 0.6 is 0 Å². The van der Waals surface area contributed by atoms with E-state index in [-0.39, 0.29) is 0 Å². The zero-order valence-corrected chi connectivity index (χ0v) is 11.9. The second-order valence-electron chi connectivity index (χ2n) is 7.22. The average Bonchev–Trinajstić information content (AvgIpc) is 2.97. The Bertz CT molecular complexity index is 421. The first-order valence-corrected chi connectivity index (χ1v) is 8.48. The van der Waals surface area contributed by atoms with Gasteiger partial charge in [0.1, 0.15) is 0 Å². The van der Waals surface area contributed by atoms with E-state index < -0.39 is 0 Å². The molecule has 102 valence electrons. The van der Waals surface area contributed by atoms with Crippen molar-refractivity contribution < 1.29 is 0 Å². The van der Waals surface area contributed by atoms with Crippen molar-refractivity contribution in [3.63, 3.8) is 0 Å². The first-order chi connectivity index (χ1) is 9.43. The van der Waals surface area contributed by atoms with Crippen LogP contribution in [-0.4, -0.2) is 0 Å². The Morgan fingerprint density at radius 2 is 1.42 bits per heavy atom. The predicted octanol–water partition coefficient (Wildman–Crippen LogP) is 5.40. The van der Waals surface area contributed by atoms with Crippen LogP contribution < -0.4 is 0 Å². The third-order valence-corrected chi connectivity index (χ3v) is 6.44. The molecule has 0 amide bonds. The van der Waals surface area contributed by atoms with E-state index in [1.165, 1.54) is 44.9 Å². The minimum Gasteiger partial charge on any atom is -0.0622 e. The lowest BCUT2D eigenvalue weighted by atomic mass is 9.58. The Hall–Kier alpha value is -0.780. The van der Waals surface area contributed by atoms with Crippen molar-refractivity contribution in [2.24, 2.45) is 23.7 Å². The van der Waals surface area contributed by atoms with Crippen LogP contribution in [0.1, 0.15) is 62.8 Å². The summed E-state index contributed by atoms with van der Waals surface area (Å²) in [5.41, 5.74) is 1.64. The van der Waals surface area contributed by atoms with Gasteiger partial charge in [-0.1, -0.05) is 56.0 Å². The third-order valence-electron chi connectivity index (χ3n) is 6.44. The van der Waals surface area contributed by atoms with Gasteiger partial charge in [0.2, 0.25) is 0 Å². The van der Waals surface area contributed by atoms with Gasteiger partial charge < -0.3 is 0 Å². The van der Waals surface area contributed by atoms with Gasteiger partial charge in [0.05, 0.1) is 0 Å². The van der Waals surface area contributed by atoms with Gasteiger partial charge in [0.15, 0.2) is 0 Å². The van der Waals surface area contributed by atoms with Crippen molar-refractivity contribution in [3.8, 4) is 0 Å². The van der Waals surface area contributed by atoms with Gasteiger partial charge in [-0.3, -0.25) is 0 Å². The first kappa shape index (κ1) is 12.0. The number of rotatable bonds is 1. The SMILES string of the molecule is c1ccc(C2CC3CCCCC3C3CCCC23)cc1. The number of hydrogen-bond donors (Lipinski definition) is 0. The Kier molecular flexibility index (Phi) is 3.13. The molecule has 0 saturated heterocycles. The van der Waals surface area contributed by atoms with Crippen LogP contribution in [0.2, 0.25) is 0 Å². The molecular formula is C19H26. The van der Waals surface area contributed by atoms with E-state index in [0.717, 1.165) is 29.6 Å². The summed E-state index contributed by atoms with van der Waals surface area (Å²) in [5.74, 6) is 5.12. The molecule has 0 aliphatic heterocycles. The molecule has 1 aromatic rings. The molecule has 0 N–H and O–H groups in total. The number of benzene rings is 1. The van der Waals surface area contributed by atoms with Gasteiger partial charge in [-0.2, -0.15) is 0 Å². The molecule has 5 unspecified atom stereocenters. The highest BCUT2D eigenvalue weighted by molar-refractivity contribution is 5.22. The molecule has 0 aromatic heterocycles. The van der Waals surface area contributed by atoms with E-state index in [0.29, 0.717) is 0 Å². The van der Waals surface area contributed by atoms with E-state index in [9.17, 15) is 0 Å². The molecule has 0 heterocycles. The summed E-state index contributed by atoms with van der Waals surface area (Å²) < 4.78 is 0. The zero-order chi connectivity index (χ0) is 12.7. The molecule has 5 atom stereocenters. The van der Waals surface area contributed by atoms with Gasteiger partial charge in [0, 0.05) is 0 Å². The normalized spacial score (nSPS) is 41.6. The lowest BCUT2D eigenvalue weighted by Crippen LogP contribution is -2.38. The molecule has 19 heavy (non-hydrogen) atoms. The van der Waals surface area contributed by atoms with Crippen LogP contribution in [0.25, 0.3) is 0 Å². The third kappa shape index (κ3) is 2.04. The monoisotopic (exact) mass is 254 g/mol. The lowest BCUT2D eigenvalue weighted by Gasteiger charge is -2.47. The van der Waals surface area contributed by atoms with Crippen molar-refractivity contribution in [3.05, 3.63) is 35.9 Å². The summed E-state index contributed by atoms with van der Waals surface area (Å²) >= 11 is 0. The van der Waals surface area contributed by atoms with Gasteiger partial charge in [0.25, 0.3) is 0 Å². The highest BCUT2D eigenvalue weighted by atomic mass is 14.5. The minimum atomic E-state index is 0.882. The van der Waals surface area contributed by atoms with Gasteiger partial charge >= 0.3 is 0 Å². The molecule has 3 aliphatic carbocycles. The predicted molar refractivity (Wildman–Crippen MR) is 80.1 cm³/mol. The number of hydrogen-bond acceptors (Lipinski definition) is 0. The smallest absolute Gasteiger partial charge is 0.0128 e. The molecule has 3 saturated carbocycles. The van der Waals surface area contributed by atoms with Crippen molar-refractivity contribution in [1.82, 2.24) is 0 Å². The maximum absolute atomic E-state index is 2.39. The summed E-state index contributed by atoms with van der Waals surface area (Å²) in [6.45, 7) is 0. The molecule has 0 spiro atoms. The Morgan fingerprint density at radius 3 is 2.32 bits per heavy atom. The summed E-state index contributed by atoms with van der Waals surface area (Å²) in [6, 6.07) is 11.4.